The van der Waals surface area contributed by atoms with Gasteiger partial charge in [0.2, 0.25) is 10.0 Å². The molecule has 2 aromatic carbocycles. The Bertz CT molecular complexity index is 951. The standard InChI is InChI=1S/C16H16ClN3O2S/c1-20-11-18-15-10-14(5-6-16(15)20)23(21,22)19-8-7-12-3-2-4-13(17)9-12/h2-6,9-11,19H,7-8H2,1H3. The van der Waals surface area contributed by atoms with Gasteiger partial charge in [-0.3, -0.25) is 0 Å². The Morgan fingerprint density at radius 3 is 2.83 bits per heavy atom. The first kappa shape index (κ1) is 16.0. The maximum atomic E-state index is 12.4. The molecule has 0 aliphatic heterocycles. The van der Waals surface area contributed by atoms with Crippen LogP contribution < -0.4 is 4.72 Å². The zero-order chi connectivity index (χ0) is 16.4. The summed E-state index contributed by atoms with van der Waals surface area (Å²) in [4.78, 5) is 4.40. The highest BCUT2D eigenvalue weighted by atomic mass is 35.5. The smallest absolute Gasteiger partial charge is 0.240 e. The van der Waals surface area contributed by atoms with Crippen molar-refractivity contribution in [1.29, 1.82) is 0 Å². The van der Waals surface area contributed by atoms with Gasteiger partial charge in [0.15, 0.2) is 0 Å². The van der Waals surface area contributed by atoms with E-state index in [0.29, 0.717) is 23.5 Å². The number of sulfonamides is 1. The van der Waals surface area contributed by atoms with Crippen molar-refractivity contribution in [1.82, 2.24) is 14.3 Å². The molecule has 1 heterocycles. The van der Waals surface area contributed by atoms with E-state index in [9.17, 15) is 8.42 Å². The van der Waals surface area contributed by atoms with E-state index in [1.807, 2.05) is 29.8 Å². The van der Waals surface area contributed by atoms with Crippen molar-refractivity contribution >= 4 is 32.7 Å². The molecule has 0 atom stereocenters. The van der Waals surface area contributed by atoms with Gasteiger partial charge in [-0.1, -0.05) is 23.7 Å². The summed E-state index contributed by atoms with van der Waals surface area (Å²) < 4.78 is 29.2. The molecule has 1 aromatic heterocycles. The summed E-state index contributed by atoms with van der Waals surface area (Å²) in [5, 5.41) is 0.644. The molecular formula is C16H16ClN3O2S. The molecule has 0 spiro atoms. The maximum Gasteiger partial charge on any atom is 0.240 e. The van der Waals surface area contributed by atoms with Crippen LogP contribution in [0.2, 0.25) is 5.02 Å². The van der Waals surface area contributed by atoms with Crippen LogP contribution in [0.3, 0.4) is 0 Å². The lowest BCUT2D eigenvalue weighted by Crippen LogP contribution is -2.26. The maximum absolute atomic E-state index is 12.4. The lowest BCUT2D eigenvalue weighted by Gasteiger charge is -2.07. The third-order valence-electron chi connectivity index (χ3n) is 3.60. The van der Waals surface area contributed by atoms with Gasteiger partial charge in [0, 0.05) is 18.6 Å². The van der Waals surface area contributed by atoms with E-state index in [4.69, 9.17) is 11.6 Å². The fraction of sp³-hybridized carbons (Fsp3) is 0.188. The summed E-state index contributed by atoms with van der Waals surface area (Å²) in [6, 6.07) is 12.3. The molecule has 0 saturated heterocycles. The molecule has 0 saturated carbocycles. The predicted molar refractivity (Wildman–Crippen MR) is 91.1 cm³/mol. The summed E-state index contributed by atoms with van der Waals surface area (Å²) >= 11 is 5.92. The number of nitrogens with zero attached hydrogens (tertiary/aromatic N) is 2. The van der Waals surface area contributed by atoms with Crippen LogP contribution in [0.15, 0.2) is 53.7 Å². The Hall–Kier alpha value is -1.89. The number of aromatic nitrogens is 2. The largest absolute Gasteiger partial charge is 0.334 e. The monoisotopic (exact) mass is 349 g/mol. The third-order valence-corrected chi connectivity index (χ3v) is 5.30. The van der Waals surface area contributed by atoms with E-state index in [1.165, 1.54) is 0 Å². The number of benzene rings is 2. The van der Waals surface area contributed by atoms with Gasteiger partial charge in [-0.2, -0.15) is 0 Å². The van der Waals surface area contributed by atoms with E-state index >= 15 is 0 Å². The fourth-order valence-electron chi connectivity index (χ4n) is 2.39. The molecule has 0 bridgehead atoms. The highest BCUT2D eigenvalue weighted by molar-refractivity contribution is 7.89. The van der Waals surface area contributed by atoms with Crippen molar-refractivity contribution in [2.45, 2.75) is 11.3 Å². The van der Waals surface area contributed by atoms with Gasteiger partial charge in [0.25, 0.3) is 0 Å². The van der Waals surface area contributed by atoms with Crippen LogP contribution in [0.1, 0.15) is 5.56 Å². The molecular weight excluding hydrogens is 334 g/mol. The van der Waals surface area contributed by atoms with Crippen LogP contribution in [0.4, 0.5) is 0 Å². The topological polar surface area (TPSA) is 64.0 Å². The number of hydrogen-bond acceptors (Lipinski definition) is 3. The minimum absolute atomic E-state index is 0.217. The average molecular weight is 350 g/mol. The summed E-state index contributed by atoms with van der Waals surface area (Å²) in [5.41, 5.74) is 2.54. The quantitative estimate of drug-likeness (QED) is 0.770. The Kier molecular flexibility index (Phi) is 4.39. The van der Waals surface area contributed by atoms with Gasteiger partial charge in [-0.15, -0.1) is 0 Å². The van der Waals surface area contributed by atoms with E-state index in [0.717, 1.165) is 11.1 Å². The zero-order valence-corrected chi connectivity index (χ0v) is 14.1. The van der Waals surface area contributed by atoms with Crippen LogP contribution >= 0.6 is 11.6 Å². The van der Waals surface area contributed by atoms with E-state index in [2.05, 4.69) is 9.71 Å². The van der Waals surface area contributed by atoms with Gasteiger partial charge in [0.05, 0.1) is 22.3 Å². The normalized spacial score (nSPS) is 11.9. The lowest BCUT2D eigenvalue weighted by molar-refractivity contribution is 0.582. The summed E-state index contributed by atoms with van der Waals surface area (Å²) in [5.74, 6) is 0. The summed E-state index contributed by atoms with van der Waals surface area (Å²) in [6.07, 6.45) is 2.24. The van der Waals surface area contributed by atoms with Gasteiger partial charge < -0.3 is 4.57 Å². The van der Waals surface area contributed by atoms with Crippen LogP contribution in [-0.4, -0.2) is 24.5 Å². The Labute approximate surface area is 140 Å². The van der Waals surface area contributed by atoms with Crippen LogP contribution in [0, 0.1) is 0 Å². The minimum atomic E-state index is -3.55. The van der Waals surface area contributed by atoms with Gasteiger partial charge in [-0.05, 0) is 42.3 Å². The molecule has 0 unspecified atom stereocenters. The second kappa shape index (κ2) is 6.31. The number of hydrogen-bond donors (Lipinski definition) is 1. The van der Waals surface area contributed by atoms with Crippen LogP contribution in [-0.2, 0) is 23.5 Å². The van der Waals surface area contributed by atoms with Crippen molar-refractivity contribution < 1.29 is 8.42 Å². The third kappa shape index (κ3) is 3.55. The van der Waals surface area contributed by atoms with E-state index in [1.54, 1.807) is 30.6 Å². The van der Waals surface area contributed by atoms with Crippen molar-refractivity contribution in [2.75, 3.05) is 6.54 Å². The second-order valence-corrected chi connectivity index (χ2v) is 7.49. The van der Waals surface area contributed by atoms with E-state index in [-0.39, 0.29) is 4.90 Å². The van der Waals surface area contributed by atoms with Crippen molar-refractivity contribution in [3.8, 4) is 0 Å². The van der Waals surface area contributed by atoms with Gasteiger partial charge in [-0.25, -0.2) is 18.1 Å². The first-order valence-corrected chi connectivity index (χ1v) is 8.97. The first-order chi connectivity index (χ1) is 11.0. The number of rotatable bonds is 5. The fourth-order valence-corrected chi connectivity index (χ4v) is 3.65. The molecule has 1 N–H and O–H groups in total. The molecule has 0 aliphatic rings. The molecule has 0 radical (unpaired) electrons. The van der Waals surface area contributed by atoms with Crippen LogP contribution in [0.25, 0.3) is 11.0 Å². The number of aryl methyl sites for hydroxylation is 1. The Morgan fingerprint density at radius 2 is 2.04 bits per heavy atom. The molecule has 120 valence electrons. The number of imidazole rings is 1. The summed E-state index contributed by atoms with van der Waals surface area (Å²) in [7, 11) is -1.69. The molecule has 0 fully saturated rings. The molecule has 5 nitrogen and oxygen atoms in total. The number of halogens is 1. The van der Waals surface area contributed by atoms with Crippen molar-refractivity contribution in [3.63, 3.8) is 0 Å². The minimum Gasteiger partial charge on any atom is -0.334 e. The Balaban J connectivity index is 1.72. The lowest BCUT2D eigenvalue weighted by atomic mass is 10.2. The van der Waals surface area contributed by atoms with Crippen LogP contribution in [0.5, 0.6) is 0 Å². The molecule has 7 heteroatoms. The first-order valence-electron chi connectivity index (χ1n) is 7.11. The number of nitrogens with one attached hydrogen (secondary N) is 1. The second-order valence-electron chi connectivity index (χ2n) is 5.28. The molecule has 23 heavy (non-hydrogen) atoms. The predicted octanol–water partition coefficient (Wildman–Crippen LogP) is 2.75. The van der Waals surface area contributed by atoms with E-state index < -0.39 is 10.0 Å². The molecule has 3 rings (SSSR count). The van der Waals surface area contributed by atoms with Gasteiger partial charge in [0.1, 0.15) is 0 Å². The van der Waals surface area contributed by atoms with Gasteiger partial charge >= 0.3 is 0 Å². The number of fused-ring (bicyclic) bond motifs is 1. The Morgan fingerprint density at radius 1 is 1.22 bits per heavy atom. The highest BCUT2D eigenvalue weighted by Gasteiger charge is 2.15. The zero-order valence-electron chi connectivity index (χ0n) is 12.5. The van der Waals surface area contributed by atoms with Crippen molar-refractivity contribution in [3.05, 3.63) is 59.4 Å². The SMILES string of the molecule is Cn1cnc2cc(S(=O)(=O)NCCc3cccc(Cl)c3)ccc21. The molecule has 3 aromatic rings. The van der Waals surface area contributed by atoms with Crippen molar-refractivity contribution in [2.24, 2.45) is 7.05 Å². The molecule has 0 amide bonds. The highest BCUT2D eigenvalue weighted by Crippen LogP contribution is 2.17. The molecule has 0 aliphatic carbocycles. The average Bonchev–Trinajstić information content (AvgIpc) is 2.88. The summed E-state index contributed by atoms with van der Waals surface area (Å²) in [6.45, 7) is 0.308.